The van der Waals surface area contributed by atoms with Crippen LogP contribution in [0.2, 0.25) is 0 Å². The minimum atomic E-state index is -0.365. The van der Waals surface area contributed by atoms with E-state index in [1.54, 1.807) is 0 Å². The maximum Gasteiger partial charge on any atom is 0.127 e. The van der Waals surface area contributed by atoms with Crippen molar-refractivity contribution in [2.45, 2.75) is 43.6 Å². The second-order valence-corrected chi connectivity index (χ2v) is 6.58. The molecule has 0 radical (unpaired) electrons. The van der Waals surface area contributed by atoms with E-state index in [4.69, 9.17) is 0 Å². The van der Waals surface area contributed by atoms with Crippen LogP contribution in [-0.4, -0.2) is 22.3 Å². The largest absolute Gasteiger partial charge is 0.296 e. The Morgan fingerprint density at radius 3 is 2.94 bits per heavy atom. The van der Waals surface area contributed by atoms with Gasteiger partial charge in [-0.1, -0.05) is 22.9 Å². The zero-order valence-corrected chi connectivity index (χ0v) is 12.1. The van der Waals surface area contributed by atoms with Gasteiger partial charge in [0, 0.05) is 23.0 Å². The number of rotatable bonds is 4. The Labute approximate surface area is 115 Å². The molecular weight excluding hydrogens is 300 g/mol. The van der Waals surface area contributed by atoms with Gasteiger partial charge in [0.15, 0.2) is 0 Å². The van der Waals surface area contributed by atoms with Crippen LogP contribution in [0, 0.1) is 11.6 Å². The van der Waals surface area contributed by atoms with Crippen molar-refractivity contribution in [1.82, 2.24) is 4.90 Å². The van der Waals surface area contributed by atoms with Gasteiger partial charge in [-0.2, -0.15) is 0 Å². The van der Waals surface area contributed by atoms with E-state index in [0.717, 1.165) is 25.8 Å². The van der Waals surface area contributed by atoms with Crippen LogP contribution in [0.1, 0.15) is 31.7 Å². The quantitative estimate of drug-likeness (QED) is 0.756. The second kappa shape index (κ2) is 6.11. The Kier molecular flexibility index (Phi) is 4.73. The number of likely N-dealkylation sites (tertiary alicyclic amines) is 1. The molecule has 4 heteroatoms. The zero-order valence-electron chi connectivity index (χ0n) is 10.5. The number of hydrogen-bond donors (Lipinski definition) is 0. The van der Waals surface area contributed by atoms with Crippen LogP contribution in [0.4, 0.5) is 8.78 Å². The molecule has 2 rings (SSSR count). The number of alkyl halides is 1. The smallest absolute Gasteiger partial charge is 0.127 e. The fourth-order valence-corrected chi connectivity index (χ4v) is 3.06. The molecule has 0 aliphatic carbocycles. The van der Waals surface area contributed by atoms with Gasteiger partial charge in [-0.15, -0.1) is 0 Å². The molecule has 1 fully saturated rings. The number of benzene rings is 1. The van der Waals surface area contributed by atoms with Crippen molar-refractivity contribution >= 4 is 15.9 Å². The lowest BCUT2D eigenvalue weighted by atomic mass is 10.1. The minimum Gasteiger partial charge on any atom is -0.296 e. The van der Waals surface area contributed by atoms with Gasteiger partial charge in [0.25, 0.3) is 0 Å². The highest BCUT2D eigenvalue weighted by molar-refractivity contribution is 9.09. The van der Waals surface area contributed by atoms with Gasteiger partial charge in [-0.05, 0) is 44.0 Å². The average Bonchev–Trinajstić information content (AvgIpc) is 2.70. The third-order valence-corrected chi connectivity index (χ3v) is 3.85. The zero-order chi connectivity index (χ0) is 13.1. The summed E-state index contributed by atoms with van der Waals surface area (Å²) in [7, 11) is 0. The predicted molar refractivity (Wildman–Crippen MR) is 72.8 cm³/mol. The molecule has 100 valence electrons. The van der Waals surface area contributed by atoms with Crippen molar-refractivity contribution in [3.63, 3.8) is 0 Å². The average molecular weight is 318 g/mol. The van der Waals surface area contributed by atoms with E-state index in [2.05, 4.69) is 27.8 Å². The highest BCUT2D eigenvalue weighted by atomic mass is 79.9. The Balaban J connectivity index is 2.05. The molecule has 0 aromatic heterocycles. The summed E-state index contributed by atoms with van der Waals surface area (Å²) in [6.45, 7) is 3.60. The van der Waals surface area contributed by atoms with Crippen molar-refractivity contribution < 1.29 is 8.78 Å². The van der Waals surface area contributed by atoms with Gasteiger partial charge in [-0.25, -0.2) is 8.78 Å². The van der Waals surface area contributed by atoms with E-state index in [0.29, 0.717) is 23.0 Å². The van der Waals surface area contributed by atoms with Crippen LogP contribution in [0.3, 0.4) is 0 Å². The van der Waals surface area contributed by atoms with Crippen molar-refractivity contribution in [2.24, 2.45) is 0 Å². The molecule has 1 aliphatic rings. The van der Waals surface area contributed by atoms with Crippen LogP contribution in [0.25, 0.3) is 0 Å². The lowest BCUT2D eigenvalue weighted by Gasteiger charge is -2.25. The fourth-order valence-electron chi connectivity index (χ4n) is 2.63. The SMILES string of the molecule is CC(Br)CC1CCCN1Cc1cc(F)ccc1F. The number of hydrogen-bond acceptors (Lipinski definition) is 1. The first-order chi connectivity index (χ1) is 8.56. The van der Waals surface area contributed by atoms with E-state index in [-0.39, 0.29) is 11.6 Å². The summed E-state index contributed by atoms with van der Waals surface area (Å²) in [6.07, 6.45) is 3.34. The van der Waals surface area contributed by atoms with Gasteiger partial charge in [-0.3, -0.25) is 4.90 Å². The molecular formula is C14H18BrF2N. The van der Waals surface area contributed by atoms with E-state index < -0.39 is 0 Å². The molecule has 0 saturated carbocycles. The summed E-state index contributed by atoms with van der Waals surface area (Å²) < 4.78 is 26.7. The highest BCUT2D eigenvalue weighted by Crippen LogP contribution is 2.26. The van der Waals surface area contributed by atoms with Crippen LogP contribution in [0.5, 0.6) is 0 Å². The Bertz CT molecular complexity index is 409. The highest BCUT2D eigenvalue weighted by Gasteiger charge is 2.26. The van der Waals surface area contributed by atoms with Crippen molar-refractivity contribution in [2.75, 3.05) is 6.54 Å². The lowest BCUT2D eigenvalue weighted by molar-refractivity contribution is 0.232. The summed E-state index contributed by atoms with van der Waals surface area (Å²) in [5, 5.41) is 0. The Hall–Kier alpha value is -0.480. The predicted octanol–water partition coefficient (Wildman–Crippen LogP) is 4.10. The van der Waals surface area contributed by atoms with E-state index >= 15 is 0 Å². The van der Waals surface area contributed by atoms with Gasteiger partial charge in [0.1, 0.15) is 11.6 Å². The molecule has 0 bridgehead atoms. The van der Waals surface area contributed by atoms with Gasteiger partial charge >= 0.3 is 0 Å². The number of nitrogens with zero attached hydrogens (tertiary/aromatic N) is 1. The standard InChI is InChI=1S/C14H18BrF2N/c1-10(15)7-13-3-2-6-18(13)9-11-8-12(16)4-5-14(11)17/h4-5,8,10,13H,2-3,6-7,9H2,1H3. The number of halogens is 3. The molecule has 1 saturated heterocycles. The normalized spacial score (nSPS) is 22.3. The van der Waals surface area contributed by atoms with Crippen molar-refractivity contribution in [1.29, 1.82) is 0 Å². The molecule has 1 nitrogen and oxygen atoms in total. The Morgan fingerprint density at radius 2 is 2.22 bits per heavy atom. The third-order valence-electron chi connectivity index (χ3n) is 3.48. The van der Waals surface area contributed by atoms with Gasteiger partial charge < -0.3 is 0 Å². The van der Waals surface area contributed by atoms with Crippen LogP contribution in [-0.2, 0) is 6.54 Å². The maximum atomic E-state index is 13.6. The molecule has 18 heavy (non-hydrogen) atoms. The Morgan fingerprint density at radius 1 is 1.44 bits per heavy atom. The molecule has 0 amide bonds. The van der Waals surface area contributed by atoms with Crippen LogP contribution in [0.15, 0.2) is 18.2 Å². The van der Waals surface area contributed by atoms with Gasteiger partial charge in [0.05, 0.1) is 0 Å². The summed E-state index contributed by atoms with van der Waals surface area (Å²) in [5.74, 6) is -0.676. The van der Waals surface area contributed by atoms with Crippen LogP contribution >= 0.6 is 15.9 Å². The summed E-state index contributed by atoms with van der Waals surface area (Å²) in [6, 6.07) is 4.16. The molecule has 2 atom stereocenters. The second-order valence-electron chi connectivity index (χ2n) is 5.02. The molecule has 1 aliphatic heterocycles. The fraction of sp³-hybridized carbons (Fsp3) is 0.571. The maximum absolute atomic E-state index is 13.6. The lowest BCUT2D eigenvalue weighted by Crippen LogP contribution is -2.30. The molecule has 1 heterocycles. The topological polar surface area (TPSA) is 3.24 Å². The molecule has 1 aromatic rings. The monoisotopic (exact) mass is 317 g/mol. The molecule has 0 N–H and O–H groups in total. The van der Waals surface area contributed by atoms with Gasteiger partial charge in [0.2, 0.25) is 0 Å². The van der Waals surface area contributed by atoms with E-state index in [9.17, 15) is 8.78 Å². The molecule has 2 unspecified atom stereocenters. The van der Waals surface area contributed by atoms with E-state index in [1.165, 1.54) is 18.2 Å². The minimum absolute atomic E-state index is 0.311. The first-order valence-corrected chi connectivity index (χ1v) is 7.30. The van der Waals surface area contributed by atoms with Crippen molar-refractivity contribution in [3.8, 4) is 0 Å². The summed E-state index contributed by atoms with van der Waals surface area (Å²) >= 11 is 3.56. The molecule has 1 aromatic carbocycles. The summed E-state index contributed by atoms with van der Waals surface area (Å²) in [4.78, 5) is 2.72. The van der Waals surface area contributed by atoms with Crippen molar-refractivity contribution in [3.05, 3.63) is 35.4 Å². The summed E-state index contributed by atoms with van der Waals surface area (Å²) in [5.41, 5.74) is 0.462. The molecule has 0 spiro atoms. The first-order valence-electron chi connectivity index (χ1n) is 6.38. The van der Waals surface area contributed by atoms with E-state index in [1.807, 2.05) is 0 Å². The third kappa shape index (κ3) is 3.51. The van der Waals surface area contributed by atoms with Crippen LogP contribution < -0.4 is 0 Å². The first kappa shape index (κ1) is 13.9.